The first-order chi connectivity index (χ1) is 27.7. The minimum atomic E-state index is 1.21. The molecule has 0 amide bonds. The van der Waals surface area contributed by atoms with Crippen molar-refractivity contribution in [1.29, 1.82) is 0 Å². The fourth-order valence-electron chi connectivity index (χ4n) is 8.79. The predicted molar refractivity (Wildman–Crippen MR) is 241 cm³/mol. The molecule has 11 aromatic carbocycles. The lowest BCUT2D eigenvalue weighted by atomic mass is 9.84. The average Bonchev–Trinajstić information content (AvgIpc) is 3.27. The van der Waals surface area contributed by atoms with Crippen molar-refractivity contribution in [2.45, 2.75) is 0 Å². The monoisotopic (exact) mass is 708 g/mol. The van der Waals surface area contributed by atoms with Crippen LogP contribution in [0.4, 0.5) is 0 Å². The molecule has 0 aliphatic carbocycles. The van der Waals surface area contributed by atoms with E-state index in [1.54, 1.807) is 0 Å². The van der Waals surface area contributed by atoms with Gasteiger partial charge in [-0.15, -0.1) is 0 Å². The molecule has 260 valence electrons. The third kappa shape index (κ3) is 5.54. The van der Waals surface area contributed by atoms with Gasteiger partial charge in [0.2, 0.25) is 0 Å². The van der Waals surface area contributed by atoms with Gasteiger partial charge >= 0.3 is 0 Å². The van der Waals surface area contributed by atoms with E-state index in [1.807, 2.05) is 0 Å². The van der Waals surface area contributed by atoms with Crippen molar-refractivity contribution in [2.75, 3.05) is 0 Å². The SMILES string of the molecule is c1ccc2cc(-c3ccc(-c4c5ccccc5c(-c5cc(-c6ccc7ccccc7c6)cc(-c6ccc7ccccc7c6)c5)c5ccccc45)cc3)ccc2c1. The second-order valence-corrected chi connectivity index (χ2v) is 14.9. The molecule has 0 aromatic heterocycles. The molecule has 0 aliphatic heterocycles. The van der Waals surface area contributed by atoms with Gasteiger partial charge in [0.05, 0.1) is 0 Å². The van der Waals surface area contributed by atoms with Gasteiger partial charge in [0.1, 0.15) is 0 Å². The van der Waals surface area contributed by atoms with Gasteiger partial charge in [0, 0.05) is 0 Å². The smallest absolute Gasteiger partial charge is 0.00259 e. The Hall–Kier alpha value is -7.28. The van der Waals surface area contributed by atoms with Crippen molar-refractivity contribution in [3.8, 4) is 55.6 Å². The summed E-state index contributed by atoms with van der Waals surface area (Å²) in [5.41, 5.74) is 12.2. The Morgan fingerprint density at radius 2 is 0.446 bits per heavy atom. The first-order valence-electron chi connectivity index (χ1n) is 19.4. The largest absolute Gasteiger partial charge is 0.0616 e. The van der Waals surface area contributed by atoms with Gasteiger partial charge in [-0.2, -0.15) is 0 Å². The molecule has 11 rings (SSSR count). The molecule has 56 heavy (non-hydrogen) atoms. The van der Waals surface area contributed by atoms with Gasteiger partial charge in [0.25, 0.3) is 0 Å². The molecule has 0 aliphatic rings. The predicted octanol–water partition coefficient (Wildman–Crippen LogP) is 15.8. The van der Waals surface area contributed by atoms with Gasteiger partial charge in [-0.3, -0.25) is 0 Å². The van der Waals surface area contributed by atoms with E-state index in [-0.39, 0.29) is 0 Å². The van der Waals surface area contributed by atoms with Crippen LogP contribution in [-0.4, -0.2) is 0 Å². The van der Waals surface area contributed by atoms with Crippen LogP contribution in [0.15, 0.2) is 218 Å². The minimum Gasteiger partial charge on any atom is -0.0616 e. The minimum absolute atomic E-state index is 1.21. The van der Waals surface area contributed by atoms with Crippen LogP contribution in [0.3, 0.4) is 0 Å². The Balaban J connectivity index is 1.12. The van der Waals surface area contributed by atoms with E-state index in [0.29, 0.717) is 0 Å². The Morgan fingerprint density at radius 3 is 0.857 bits per heavy atom. The lowest BCUT2D eigenvalue weighted by molar-refractivity contribution is 1.60. The zero-order valence-electron chi connectivity index (χ0n) is 30.8. The molecule has 11 aromatic rings. The van der Waals surface area contributed by atoms with E-state index in [1.165, 1.54) is 109 Å². The quantitative estimate of drug-likeness (QED) is 0.156. The van der Waals surface area contributed by atoms with Crippen LogP contribution < -0.4 is 0 Å². The Labute approximate surface area is 326 Å². The summed E-state index contributed by atoms with van der Waals surface area (Å²) >= 11 is 0. The van der Waals surface area contributed by atoms with Crippen LogP contribution in [0.25, 0.3) is 109 Å². The highest BCUT2D eigenvalue weighted by molar-refractivity contribution is 6.21. The first kappa shape index (κ1) is 32.2. The summed E-state index contributed by atoms with van der Waals surface area (Å²) in [6.45, 7) is 0. The molecule has 0 saturated carbocycles. The van der Waals surface area contributed by atoms with E-state index in [4.69, 9.17) is 0 Å². The second kappa shape index (κ2) is 13.2. The Morgan fingerprint density at radius 1 is 0.161 bits per heavy atom. The van der Waals surface area contributed by atoms with Crippen molar-refractivity contribution in [2.24, 2.45) is 0 Å². The maximum Gasteiger partial charge on any atom is -0.00259 e. The average molecular weight is 709 g/mol. The van der Waals surface area contributed by atoms with Crippen LogP contribution in [-0.2, 0) is 0 Å². The van der Waals surface area contributed by atoms with Crippen LogP contribution >= 0.6 is 0 Å². The molecule has 0 heteroatoms. The zero-order chi connectivity index (χ0) is 37.0. The van der Waals surface area contributed by atoms with Gasteiger partial charge < -0.3 is 0 Å². The van der Waals surface area contributed by atoms with Crippen LogP contribution in [0, 0.1) is 0 Å². The third-order valence-corrected chi connectivity index (χ3v) is 11.6. The molecule has 0 spiro atoms. The molecule has 0 N–H and O–H groups in total. The van der Waals surface area contributed by atoms with E-state index in [0.717, 1.165) is 0 Å². The van der Waals surface area contributed by atoms with Crippen LogP contribution in [0.2, 0.25) is 0 Å². The highest BCUT2D eigenvalue weighted by Gasteiger charge is 2.18. The Kier molecular flexibility index (Phi) is 7.60. The normalized spacial score (nSPS) is 11.6. The molecule has 0 heterocycles. The van der Waals surface area contributed by atoms with Crippen molar-refractivity contribution >= 4 is 53.9 Å². The van der Waals surface area contributed by atoms with Crippen LogP contribution in [0.5, 0.6) is 0 Å². The summed E-state index contributed by atoms with van der Waals surface area (Å²) in [7, 11) is 0. The lowest BCUT2D eigenvalue weighted by Gasteiger charge is -2.19. The number of benzene rings is 11. The van der Waals surface area contributed by atoms with Crippen molar-refractivity contribution < 1.29 is 0 Å². The Bertz CT molecular complexity index is 3140. The lowest BCUT2D eigenvalue weighted by Crippen LogP contribution is -1.92. The number of hydrogen-bond acceptors (Lipinski definition) is 0. The summed E-state index contributed by atoms with van der Waals surface area (Å²) in [5.74, 6) is 0. The highest BCUT2D eigenvalue weighted by Crippen LogP contribution is 2.46. The summed E-state index contributed by atoms with van der Waals surface area (Å²) in [6.07, 6.45) is 0. The van der Waals surface area contributed by atoms with Crippen molar-refractivity contribution in [3.63, 3.8) is 0 Å². The molecule has 0 atom stereocenters. The first-order valence-corrected chi connectivity index (χ1v) is 19.4. The number of fused-ring (bicyclic) bond motifs is 5. The molecule has 0 radical (unpaired) electrons. The standard InChI is InChI=1S/C56H36/c1-4-14-42-31-45(28-23-37(42)11-1)40-21-26-41(27-22-40)55-51-17-7-9-19-53(51)56(54-20-10-8-18-52(54)55)50-35-48(46-29-24-38-12-2-5-15-43(38)32-46)34-49(36-50)47-30-25-39-13-3-6-16-44(39)33-47/h1-36H. The summed E-state index contributed by atoms with van der Waals surface area (Å²) in [6, 6.07) is 80.6. The zero-order valence-corrected chi connectivity index (χ0v) is 30.8. The fraction of sp³-hybridized carbons (Fsp3) is 0. The van der Waals surface area contributed by atoms with E-state index < -0.39 is 0 Å². The van der Waals surface area contributed by atoms with E-state index in [9.17, 15) is 0 Å². The molecule has 0 fully saturated rings. The summed E-state index contributed by atoms with van der Waals surface area (Å²) in [5, 5.41) is 12.5. The molecule has 0 bridgehead atoms. The fourth-order valence-corrected chi connectivity index (χ4v) is 8.79. The maximum absolute atomic E-state index is 2.40. The second-order valence-electron chi connectivity index (χ2n) is 14.9. The van der Waals surface area contributed by atoms with E-state index >= 15 is 0 Å². The number of hydrogen-bond donors (Lipinski definition) is 0. The van der Waals surface area contributed by atoms with Gasteiger partial charge in [-0.05, 0) is 146 Å². The van der Waals surface area contributed by atoms with Crippen LogP contribution in [0.1, 0.15) is 0 Å². The van der Waals surface area contributed by atoms with Crippen molar-refractivity contribution in [3.05, 3.63) is 218 Å². The molecule has 0 unspecified atom stereocenters. The molecule has 0 saturated heterocycles. The third-order valence-electron chi connectivity index (χ3n) is 11.6. The molecule has 0 nitrogen and oxygen atoms in total. The maximum atomic E-state index is 2.40. The van der Waals surface area contributed by atoms with Gasteiger partial charge in [0.15, 0.2) is 0 Å². The summed E-state index contributed by atoms with van der Waals surface area (Å²) < 4.78 is 0. The topological polar surface area (TPSA) is 0 Å². The van der Waals surface area contributed by atoms with Gasteiger partial charge in [-0.1, -0.05) is 182 Å². The van der Waals surface area contributed by atoms with E-state index in [2.05, 4.69) is 218 Å². The van der Waals surface area contributed by atoms with Gasteiger partial charge in [-0.25, -0.2) is 0 Å². The summed E-state index contributed by atoms with van der Waals surface area (Å²) in [4.78, 5) is 0. The molecular formula is C56H36. The molecular weight excluding hydrogens is 673 g/mol. The van der Waals surface area contributed by atoms with Crippen molar-refractivity contribution in [1.82, 2.24) is 0 Å². The highest BCUT2D eigenvalue weighted by atomic mass is 14.2. The number of rotatable bonds is 5.